The van der Waals surface area contributed by atoms with Gasteiger partial charge >= 0.3 is 0 Å². The second kappa shape index (κ2) is 12.3. The third kappa shape index (κ3) is 5.03. The van der Waals surface area contributed by atoms with Crippen molar-refractivity contribution in [1.29, 1.82) is 0 Å². The molecule has 0 aliphatic rings. The molecule has 244 valence electrons. The second-order valence-corrected chi connectivity index (χ2v) is 12.6. The van der Waals surface area contributed by atoms with Gasteiger partial charge in [0, 0.05) is 33.2 Å². The lowest BCUT2D eigenvalue weighted by atomic mass is 10.1. The van der Waals surface area contributed by atoms with Crippen LogP contribution in [0, 0.1) is 0 Å². The van der Waals surface area contributed by atoms with Gasteiger partial charge in [-0.25, -0.2) is 15.0 Å². The van der Waals surface area contributed by atoms with Crippen LogP contribution in [0.15, 0.2) is 176 Å². The molecule has 0 saturated carbocycles. The van der Waals surface area contributed by atoms with Gasteiger partial charge in [-0.05, 0) is 54.6 Å². The summed E-state index contributed by atoms with van der Waals surface area (Å²) in [5, 5.41) is 2.18. The summed E-state index contributed by atoms with van der Waals surface area (Å²) in [6.07, 6.45) is 0. The van der Waals surface area contributed by atoms with Crippen LogP contribution < -0.4 is 0 Å². The Balaban J connectivity index is 1.14. The van der Waals surface area contributed by atoms with Crippen LogP contribution in [0.25, 0.3) is 90.0 Å². The molecular formula is C45H29N7. The molecule has 0 radical (unpaired) electrons. The van der Waals surface area contributed by atoms with E-state index in [0.29, 0.717) is 17.6 Å². The molecule has 0 saturated heterocycles. The number of nitrogens with zero attached hydrogens (tertiary/aromatic N) is 7. The van der Waals surface area contributed by atoms with Crippen LogP contribution in [0.5, 0.6) is 0 Å². The highest BCUT2D eigenvalue weighted by Gasteiger charge is 2.20. The average Bonchev–Trinajstić information content (AvgIpc) is 3.78. The van der Waals surface area contributed by atoms with E-state index in [1.165, 1.54) is 0 Å². The molecule has 52 heavy (non-hydrogen) atoms. The summed E-state index contributed by atoms with van der Waals surface area (Å²) in [4.78, 5) is 25.3. The smallest absolute Gasteiger partial charge is 0.238 e. The molecule has 0 fully saturated rings. The van der Waals surface area contributed by atoms with E-state index in [1.54, 1.807) is 0 Å². The summed E-state index contributed by atoms with van der Waals surface area (Å²) in [7, 11) is 0. The van der Waals surface area contributed by atoms with E-state index in [0.717, 1.165) is 72.4 Å². The van der Waals surface area contributed by atoms with Crippen LogP contribution in [0.3, 0.4) is 0 Å². The molecule has 4 aromatic heterocycles. The SMILES string of the molecule is c1ccc(-c2nc(-c3ccccc3)nc(-n3c4ccccc4c4cc(-c5cccc(-c6nc7ccccc7n6-c6ccccc6)n5)ccc43)n2)cc1. The Morgan fingerprint density at radius 1 is 0.346 bits per heavy atom. The van der Waals surface area contributed by atoms with Gasteiger partial charge in [0.25, 0.3) is 0 Å². The van der Waals surface area contributed by atoms with E-state index in [4.69, 9.17) is 24.9 Å². The van der Waals surface area contributed by atoms with Crippen LogP contribution in [0.2, 0.25) is 0 Å². The molecule has 0 atom stereocenters. The number of hydrogen-bond donors (Lipinski definition) is 0. The molecule has 10 rings (SSSR count). The first-order valence-corrected chi connectivity index (χ1v) is 17.2. The summed E-state index contributed by atoms with van der Waals surface area (Å²) >= 11 is 0. The number of imidazole rings is 1. The zero-order chi connectivity index (χ0) is 34.4. The van der Waals surface area contributed by atoms with E-state index < -0.39 is 0 Å². The number of benzene rings is 6. The molecule has 4 heterocycles. The summed E-state index contributed by atoms with van der Waals surface area (Å²) < 4.78 is 4.32. The highest BCUT2D eigenvalue weighted by molar-refractivity contribution is 6.10. The van der Waals surface area contributed by atoms with Crippen molar-refractivity contribution in [1.82, 2.24) is 34.1 Å². The molecule has 0 N–H and O–H groups in total. The predicted octanol–water partition coefficient (Wildman–Crippen LogP) is 10.4. The molecule has 0 aliphatic heterocycles. The van der Waals surface area contributed by atoms with Crippen molar-refractivity contribution in [2.24, 2.45) is 0 Å². The number of pyridine rings is 1. The Kier molecular flexibility index (Phi) is 6.99. The maximum Gasteiger partial charge on any atom is 0.238 e. The van der Waals surface area contributed by atoms with Gasteiger partial charge in [0.2, 0.25) is 5.95 Å². The van der Waals surface area contributed by atoms with Crippen molar-refractivity contribution in [2.75, 3.05) is 0 Å². The molecular weight excluding hydrogens is 639 g/mol. The largest absolute Gasteiger partial charge is 0.291 e. The molecule has 7 nitrogen and oxygen atoms in total. The van der Waals surface area contributed by atoms with Crippen molar-refractivity contribution in [3.05, 3.63) is 176 Å². The minimum atomic E-state index is 0.562. The number of para-hydroxylation sites is 4. The van der Waals surface area contributed by atoms with Crippen molar-refractivity contribution < 1.29 is 0 Å². The fourth-order valence-corrected chi connectivity index (χ4v) is 7.00. The van der Waals surface area contributed by atoms with Gasteiger partial charge in [-0.3, -0.25) is 9.13 Å². The summed E-state index contributed by atoms with van der Waals surface area (Å²) in [6, 6.07) is 59.7. The second-order valence-electron chi connectivity index (χ2n) is 12.6. The number of aromatic nitrogens is 7. The minimum Gasteiger partial charge on any atom is -0.291 e. The predicted molar refractivity (Wildman–Crippen MR) is 208 cm³/mol. The van der Waals surface area contributed by atoms with Crippen molar-refractivity contribution in [3.63, 3.8) is 0 Å². The van der Waals surface area contributed by atoms with Gasteiger partial charge in [0.1, 0.15) is 5.69 Å². The van der Waals surface area contributed by atoms with Crippen molar-refractivity contribution >= 4 is 32.8 Å². The summed E-state index contributed by atoms with van der Waals surface area (Å²) in [5.41, 5.74) is 9.53. The lowest BCUT2D eigenvalue weighted by Crippen LogP contribution is -2.06. The number of fused-ring (bicyclic) bond motifs is 4. The summed E-state index contributed by atoms with van der Waals surface area (Å²) in [5.74, 6) is 2.60. The van der Waals surface area contributed by atoms with Crippen molar-refractivity contribution in [2.45, 2.75) is 0 Å². The quantitative estimate of drug-likeness (QED) is 0.176. The zero-order valence-electron chi connectivity index (χ0n) is 27.9. The number of rotatable bonds is 6. The molecule has 7 heteroatoms. The Hall–Kier alpha value is -7.25. The Labute approximate surface area is 299 Å². The maximum absolute atomic E-state index is 5.21. The van der Waals surface area contributed by atoms with Gasteiger partial charge in [-0.2, -0.15) is 9.97 Å². The molecule has 6 aromatic carbocycles. The molecule has 0 aliphatic carbocycles. The Bertz CT molecular complexity index is 2840. The van der Waals surface area contributed by atoms with E-state index >= 15 is 0 Å². The third-order valence-corrected chi connectivity index (χ3v) is 9.41. The molecule has 0 bridgehead atoms. The monoisotopic (exact) mass is 667 g/mol. The van der Waals surface area contributed by atoms with Gasteiger partial charge in [0.15, 0.2) is 17.5 Å². The van der Waals surface area contributed by atoms with Crippen LogP contribution in [0.4, 0.5) is 0 Å². The standard InChI is InChI=1S/C45H29N7/c1-4-15-30(16-5-1)42-48-43(31-17-6-2-7-18-31)50-45(49-42)52-39-25-12-10-21-34(39)35-29-32(27-28-40(35)52)36-23-14-24-38(46-36)44-47-37-22-11-13-26-41(37)51(44)33-19-8-3-9-20-33/h1-29H. The highest BCUT2D eigenvalue weighted by atomic mass is 15.2. The van der Waals surface area contributed by atoms with Crippen LogP contribution >= 0.6 is 0 Å². The molecule has 0 amide bonds. The van der Waals surface area contributed by atoms with Gasteiger partial charge in [0.05, 0.1) is 27.8 Å². The van der Waals surface area contributed by atoms with Gasteiger partial charge in [-0.15, -0.1) is 0 Å². The van der Waals surface area contributed by atoms with Crippen molar-refractivity contribution in [3.8, 4) is 57.2 Å². The topological polar surface area (TPSA) is 74.3 Å². The molecule has 10 aromatic rings. The van der Waals surface area contributed by atoms with Crippen LogP contribution in [0.1, 0.15) is 0 Å². The zero-order valence-corrected chi connectivity index (χ0v) is 27.9. The first kappa shape index (κ1) is 29.6. The Morgan fingerprint density at radius 2 is 0.942 bits per heavy atom. The van der Waals surface area contributed by atoms with E-state index in [1.807, 2.05) is 103 Å². The lowest BCUT2D eigenvalue weighted by Gasteiger charge is -2.11. The molecule has 0 unspecified atom stereocenters. The Morgan fingerprint density at radius 3 is 1.67 bits per heavy atom. The minimum absolute atomic E-state index is 0.562. The highest BCUT2D eigenvalue weighted by Crippen LogP contribution is 2.36. The maximum atomic E-state index is 5.21. The van der Waals surface area contributed by atoms with E-state index in [9.17, 15) is 0 Å². The lowest BCUT2D eigenvalue weighted by molar-refractivity contribution is 0.953. The fourth-order valence-electron chi connectivity index (χ4n) is 7.00. The summed E-state index contributed by atoms with van der Waals surface area (Å²) in [6.45, 7) is 0. The van der Waals surface area contributed by atoms with E-state index in [-0.39, 0.29) is 0 Å². The normalized spacial score (nSPS) is 11.5. The van der Waals surface area contributed by atoms with E-state index in [2.05, 4.69) is 81.9 Å². The van der Waals surface area contributed by atoms with Crippen LogP contribution in [-0.2, 0) is 0 Å². The first-order chi connectivity index (χ1) is 25.8. The van der Waals surface area contributed by atoms with Gasteiger partial charge in [-0.1, -0.05) is 121 Å². The first-order valence-electron chi connectivity index (χ1n) is 17.2. The average molecular weight is 668 g/mol. The fraction of sp³-hybridized carbons (Fsp3) is 0. The van der Waals surface area contributed by atoms with Crippen LogP contribution in [-0.4, -0.2) is 34.1 Å². The third-order valence-electron chi connectivity index (χ3n) is 9.41. The molecule has 0 spiro atoms. The number of hydrogen-bond acceptors (Lipinski definition) is 5. The van der Waals surface area contributed by atoms with Gasteiger partial charge < -0.3 is 0 Å².